The Morgan fingerprint density at radius 3 is 2.12 bits per heavy atom. The predicted molar refractivity (Wildman–Crippen MR) is 84.6 cm³/mol. The molecule has 2 heteroatoms. The first kappa shape index (κ1) is 18.5. The molecule has 0 N–H and O–H groups in total. The third-order valence-electron chi connectivity index (χ3n) is 2.39. The van der Waals surface area contributed by atoms with Gasteiger partial charge in [0.25, 0.3) is 0 Å². The minimum atomic E-state index is 0.584. The van der Waals surface area contributed by atoms with Gasteiger partial charge in [0.15, 0.2) is 0 Å². The summed E-state index contributed by atoms with van der Waals surface area (Å²) in [4.78, 5) is 0. The van der Waals surface area contributed by atoms with Gasteiger partial charge in [-0.25, -0.2) is 0 Å². The highest BCUT2D eigenvalue weighted by molar-refractivity contribution is 8.11. The summed E-state index contributed by atoms with van der Waals surface area (Å²) >= 11 is 9.41. The van der Waals surface area contributed by atoms with Crippen LogP contribution in [-0.2, 0) is 0 Å². The highest BCUT2D eigenvalue weighted by Gasteiger charge is 2.09. The molecule has 0 aromatic rings. The van der Waals surface area contributed by atoms with E-state index in [0.717, 1.165) is 4.20 Å². The number of rotatable bonds is 8. The van der Waals surface area contributed by atoms with Crippen molar-refractivity contribution in [3.05, 3.63) is 12.7 Å². The first-order valence-corrected chi connectivity index (χ1v) is 7.29. The summed E-state index contributed by atoms with van der Waals surface area (Å²) in [5.74, 6) is 0.584. The molecule has 0 fully saturated rings. The highest BCUT2D eigenvalue weighted by atomic mass is 32.1. The van der Waals surface area contributed by atoms with Gasteiger partial charge in [-0.1, -0.05) is 64.2 Å². The second-order valence-corrected chi connectivity index (χ2v) is 5.31. The van der Waals surface area contributed by atoms with Crippen LogP contribution in [0, 0.1) is 5.92 Å². The van der Waals surface area contributed by atoms with Crippen molar-refractivity contribution in [1.82, 2.24) is 0 Å². The van der Waals surface area contributed by atoms with E-state index in [1.807, 2.05) is 6.92 Å². The van der Waals surface area contributed by atoms with Crippen molar-refractivity contribution in [3.8, 4) is 0 Å². The van der Waals surface area contributed by atoms with E-state index in [9.17, 15) is 0 Å². The van der Waals surface area contributed by atoms with E-state index in [0.29, 0.717) is 5.92 Å². The van der Waals surface area contributed by atoms with E-state index in [1.165, 1.54) is 44.9 Å². The molecule has 0 amide bonds. The number of unbranched alkanes of at least 4 members (excludes halogenated alkanes) is 3. The quantitative estimate of drug-likeness (QED) is 0.248. The Kier molecular flexibility index (Phi) is 17.6. The van der Waals surface area contributed by atoms with Crippen LogP contribution in [0.2, 0.25) is 0 Å². The van der Waals surface area contributed by atoms with Gasteiger partial charge in [0.1, 0.15) is 0 Å². The molecule has 0 aromatic heterocycles. The molecule has 96 valence electrons. The zero-order valence-electron chi connectivity index (χ0n) is 11.2. The Balaban J connectivity index is 0. The van der Waals surface area contributed by atoms with Crippen LogP contribution < -0.4 is 0 Å². The maximum Gasteiger partial charge on any atom is 0.0479 e. The second-order valence-electron chi connectivity index (χ2n) is 4.08. The smallest absolute Gasteiger partial charge is 0.0479 e. The summed E-state index contributed by atoms with van der Waals surface area (Å²) in [6.45, 7) is 9.71. The summed E-state index contributed by atoms with van der Waals surface area (Å²) in [5.41, 5.74) is 0. The number of thiol groups is 1. The van der Waals surface area contributed by atoms with E-state index in [2.05, 4.69) is 33.1 Å². The molecule has 1 atom stereocenters. The zero-order chi connectivity index (χ0) is 12.8. The first-order chi connectivity index (χ1) is 7.63. The van der Waals surface area contributed by atoms with Gasteiger partial charge >= 0.3 is 0 Å². The van der Waals surface area contributed by atoms with Crippen LogP contribution in [0.5, 0.6) is 0 Å². The highest BCUT2D eigenvalue weighted by Crippen LogP contribution is 2.19. The molecule has 0 rings (SSSR count). The number of hydrogen-bond acceptors (Lipinski definition) is 1. The average molecular weight is 261 g/mol. The molecule has 0 nitrogen and oxygen atoms in total. The fourth-order valence-electron chi connectivity index (χ4n) is 1.56. The summed E-state index contributed by atoms with van der Waals surface area (Å²) in [6.07, 6.45) is 10.8. The molecule has 16 heavy (non-hydrogen) atoms. The van der Waals surface area contributed by atoms with E-state index < -0.39 is 0 Å². The van der Waals surface area contributed by atoms with Crippen LogP contribution in [0.25, 0.3) is 0 Å². The van der Waals surface area contributed by atoms with Crippen molar-refractivity contribution < 1.29 is 0 Å². The van der Waals surface area contributed by atoms with Gasteiger partial charge in [-0.3, -0.25) is 0 Å². The van der Waals surface area contributed by atoms with E-state index >= 15 is 0 Å². The normalized spacial score (nSPS) is 11.2. The van der Waals surface area contributed by atoms with Gasteiger partial charge in [0.05, 0.1) is 0 Å². The average Bonchev–Trinajstić information content (AvgIpc) is 2.23. The lowest BCUT2D eigenvalue weighted by atomic mass is 9.98. The second kappa shape index (κ2) is 15.2. The van der Waals surface area contributed by atoms with Crippen LogP contribution in [0.4, 0.5) is 0 Å². The van der Waals surface area contributed by atoms with E-state index in [1.54, 1.807) is 6.08 Å². The van der Waals surface area contributed by atoms with Crippen LogP contribution in [0.1, 0.15) is 65.7 Å². The summed E-state index contributed by atoms with van der Waals surface area (Å²) in [6, 6.07) is 0. The molecule has 1 unspecified atom stereocenters. The maximum atomic E-state index is 5.12. The fraction of sp³-hybridized carbons (Fsp3) is 0.786. The van der Waals surface area contributed by atoms with Gasteiger partial charge in [0, 0.05) is 4.20 Å². The lowest BCUT2D eigenvalue weighted by Crippen LogP contribution is -2.06. The number of hydrogen-bond donors (Lipinski definition) is 1. The monoisotopic (exact) mass is 260 g/mol. The SMILES string of the molecule is C=CC.CCCCCCC(CCC)C(=S)S. The third kappa shape index (κ3) is 14.2. The fourth-order valence-corrected chi connectivity index (χ4v) is 2.05. The van der Waals surface area contributed by atoms with Crippen molar-refractivity contribution >= 4 is 29.0 Å². The minimum Gasteiger partial charge on any atom is -0.136 e. The molecule has 0 aliphatic heterocycles. The molecule has 0 heterocycles. The molecule has 0 radical (unpaired) electrons. The van der Waals surface area contributed by atoms with Crippen molar-refractivity contribution in [3.63, 3.8) is 0 Å². The Hall–Kier alpha value is 0.180. The van der Waals surface area contributed by atoms with Gasteiger partial charge in [-0.15, -0.1) is 19.2 Å². The van der Waals surface area contributed by atoms with Crippen molar-refractivity contribution in [1.29, 1.82) is 0 Å². The zero-order valence-corrected chi connectivity index (χ0v) is 12.9. The third-order valence-corrected chi connectivity index (χ3v) is 3.09. The summed E-state index contributed by atoms with van der Waals surface area (Å²) in [5, 5.41) is 0. The van der Waals surface area contributed by atoms with Crippen molar-refractivity contribution in [2.45, 2.75) is 65.7 Å². The van der Waals surface area contributed by atoms with Crippen LogP contribution >= 0.6 is 24.8 Å². The van der Waals surface area contributed by atoms with E-state index in [4.69, 9.17) is 12.2 Å². The predicted octanol–water partition coefficient (Wildman–Crippen LogP) is 5.82. The summed E-state index contributed by atoms with van der Waals surface area (Å²) in [7, 11) is 0. The number of thiocarbonyl (C=S) groups is 1. The van der Waals surface area contributed by atoms with Gasteiger partial charge in [-0.2, -0.15) is 0 Å². The van der Waals surface area contributed by atoms with Crippen LogP contribution in [0.3, 0.4) is 0 Å². The van der Waals surface area contributed by atoms with Crippen LogP contribution in [-0.4, -0.2) is 4.20 Å². The van der Waals surface area contributed by atoms with Gasteiger partial charge in [-0.05, 0) is 25.7 Å². The van der Waals surface area contributed by atoms with Gasteiger partial charge in [0.2, 0.25) is 0 Å². The topological polar surface area (TPSA) is 0 Å². The Labute approximate surface area is 113 Å². The lowest BCUT2D eigenvalue weighted by Gasteiger charge is -2.13. The largest absolute Gasteiger partial charge is 0.136 e. The van der Waals surface area contributed by atoms with Crippen LogP contribution in [0.15, 0.2) is 12.7 Å². The van der Waals surface area contributed by atoms with Crippen molar-refractivity contribution in [2.24, 2.45) is 5.92 Å². The molecule has 0 aromatic carbocycles. The molecular formula is C14H28S2. The standard InChI is InChI=1S/C11H22S2.C3H6/c1-3-5-6-7-9-10(8-4-2)11(12)13;1-3-2/h10H,3-9H2,1-2H3,(H,12,13);3H,1H2,2H3. The molecule has 0 saturated carbocycles. The van der Waals surface area contributed by atoms with E-state index in [-0.39, 0.29) is 0 Å². The Morgan fingerprint density at radius 1 is 1.19 bits per heavy atom. The van der Waals surface area contributed by atoms with Gasteiger partial charge < -0.3 is 0 Å². The summed E-state index contributed by atoms with van der Waals surface area (Å²) < 4.78 is 0.915. The Bertz CT molecular complexity index is 164. The molecule has 0 aliphatic carbocycles. The molecule has 0 spiro atoms. The maximum absolute atomic E-state index is 5.12. The lowest BCUT2D eigenvalue weighted by molar-refractivity contribution is 0.526. The Morgan fingerprint density at radius 2 is 1.75 bits per heavy atom. The molecule has 0 bridgehead atoms. The van der Waals surface area contributed by atoms with Crippen molar-refractivity contribution in [2.75, 3.05) is 0 Å². The molecule has 0 saturated heterocycles. The number of allylic oxidation sites excluding steroid dienone is 1. The minimum absolute atomic E-state index is 0.584. The molecular weight excluding hydrogens is 232 g/mol. The molecule has 0 aliphatic rings. The first-order valence-electron chi connectivity index (χ1n) is 6.43.